The van der Waals surface area contributed by atoms with E-state index in [1.165, 1.54) is 18.6 Å². The van der Waals surface area contributed by atoms with Crippen molar-refractivity contribution in [3.05, 3.63) is 35.4 Å². The SMILES string of the molecule is O[C@@H](c1ccc(F)cc1F)C1CCCCC1. The van der Waals surface area contributed by atoms with Crippen molar-refractivity contribution in [3.63, 3.8) is 0 Å². The third kappa shape index (κ3) is 2.40. The molecule has 0 bridgehead atoms. The number of rotatable bonds is 2. The fraction of sp³-hybridized carbons (Fsp3) is 0.538. The van der Waals surface area contributed by atoms with Crippen LogP contribution in [0.25, 0.3) is 0 Å². The van der Waals surface area contributed by atoms with Crippen LogP contribution in [0.5, 0.6) is 0 Å². The average molecular weight is 226 g/mol. The molecular formula is C13H16F2O. The molecule has 1 aromatic carbocycles. The first-order valence-electron chi connectivity index (χ1n) is 5.81. The number of hydrogen-bond acceptors (Lipinski definition) is 1. The Hall–Kier alpha value is -0.960. The van der Waals surface area contributed by atoms with Crippen molar-refractivity contribution in [2.24, 2.45) is 5.92 Å². The lowest BCUT2D eigenvalue weighted by Crippen LogP contribution is -2.17. The van der Waals surface area contributed by atoms with Crippen LogP contribution < -0.4 is 0 Å². The van der Waals surface area contributed by atoms with Crippen molar-refractivity contribution < 1.29 is 13.9 Å². The molecule has 0 spiro atoms. The maximum absolute atomic E-state index is 13.5. The summed E-state index contributed by atoms with van der Waals surface area (Å²) in [7, 11) is 0. The van der Waals surface area contributed by atoms with Crippen LogP contribution in [0.1, 0.15) is 43.8 Å². The van der Waals surface area contributed by atoms with E-state index in [0.717, 1.165) is 31.7 Å². The van der Waals surface area contributed by atoms with Gasteiger partial charge in [0.2, 0.25) is 0 Å². The number of aliphatic hydroxyl groups is 1. The van der Waals surface area contributed by atoms with Gasteiger partial charge >= 0.3 is 0 Å². The van der Waals surface area contributed by atoms with E-state index in [2.05, 4.69) is 0 Å². The maximum atomic E-state index is 13.5. The molecule has 1 fully saturated rings. The van der Waals surface area contributed by atoms with Gasteiger partial charge in [-0.3, -0.25) is 0 Å². The molecule has 3 heteroatoms. The zero-order valence-electron chi connectivity index (χ0n) is 9.13. The van der Waals surface area contributed by atoms with Crippen molar-refractivity contribution in [2.45, 2.75) is 38.2 Å². The van der Waals surface area contributed by atoms with Crippen molar-refractivity contribution >= 4 is 0 Å². The average Bonchev–Trinajstić information content (AvgIpc) is 2.29. The Balaban J connectivity index is 2.15. The first kappa shape index (κ1) is 11.5. The lowest BCUT2D eigenvalue weighted by molar-refractivity contribution is 0.0815. The smallest absolute Gasteiger partial charge is 0.131 e. The Morgan fingerprint density at radius 3 is 2.44 bits per heavy atom. The molecule has 0 unspecified atom stereocenters. The zero-order chi connectivity index (χ0) is 11.5. The minimum atomic E-state index is -0.791. The van der Waals surface area contributed by atoms with Crippen LogP contribution in [0.15, 0.2) is 18.2 Å². The normalized spacial score (nSPS) is 19.7. The van der Waals surface area contributed by atoms with Crippen molar-refractivity contribution in [1.82, 2.24) is 0 Å². The van der Waals surface area contributed by atoms with E-state index >= 15 is 0 Å². The number of aliphatic hydroxyl groups excluding tert-OH is 1. The lowest BCUT2D eigenvalue weighted by Gasteiger charge is -2.27. The van der Waals surface area contributed by atoms with E-state index in [4.69, 9.17) is 0 Å². The Labute approximate surface area is 94.1 Å². The summed E-state index contributed by atoms with van der Waals surface area (Å²) in [6.45, 7) is 0. The molecule has 0 radical (unpaired) electrons. The highest BCUT2D eigenvalue weighted by atomic mass is 19.1. The van der Waals surface area contributed by atoms with Gasteiger partial charge in [0.1, 0.15) is 11.6 Å². The molecule has 16 heavy (non-hydrogen) atoms. The van der Waals surface area contributed by atoms with Gasteiger partial charge in [-0.05, 0) is 24.8 Å². The molecule has 0 saturated heterocycles. The molecule has 1 aliphatic carbocycles. The quantitative estimate of drug-likeness (QED) is 0.817. The molecule has 1 aromatic rings. The van der Waals surface area contributed by atoms with E-state index in [1.807, 2.05) is 0 Å². The zero-order valence-corrected chi connectivity index (χ0v) is 9.13. The number of halogens is 2. The van der Waals surface area contributed by atoms with Gasteiger partial charge in [0, 0.05) is 11.6 Å². The highest BCUT2D eigenvalue weighted by molar-refractivity contribution is 5.21. The molecule has 1 saturated carbocycles. The second-order valence-corrected chi connectivity index (χ2v) is 4.51. The molecule has 2 rings (SSSR count). The summed E-state index contributed by atoms with van der Waals surface area (Å²) in [6, 6.07) is 3.38. The molecule has 88 valence electrons. The second kappa shape index (κ2) is 4.91. The second-order valence-electron chi connectivity index (χ2n) is 4.51. The molecule has 1 nitrogen and oxygen atoms in total. The Morgan fingerprint density at radius 2 is 1.81 bits per heavy atom. The fourth-order valence-electron chi connectivity index (χ4n) is 2.45. The first-order valence-corrected chi connectivity index (χ1v) is 5.81. The van der Waals surface area contributed by atoms with Crippen LogP contribution in [0.2, 0.25) is 0 Å². The van der Waals surface area contributed by atoms with Crippen molar-refractivity contribution in [2.75, 3.05) is 0 Å². The molecule has 0 aromatic heterocycles. The van der Waals surface area contributed by atoms with Crippen LogP contribution in [0.3, 0.4) is 0 Å². The van der Waals surface area contributed by atoms with E-state index in [-0.39, 0.29) is 11.5 Å². The highest BCUT2D eigenvalue weighted by Crippen LogP contribution is 2.35. The van der Waals surface area contributed by atoms with Crippen LogP contribution >= 0.6 is 0 Å². The summed E-state index contributed by atoms with van der Waals surface area (Å²) in [6.07, 6.45) is 4.43. The molecule has 1 N–H and O–H groups in total. The minimum absolute atomic E-state index is 0.119. The van der Waals surface area contributed by atoms with Crippen LogP contribution in [0, 0.1) is 17.6 Å². The summed E-state index contributed by atoms with van der Waals surface area (Å²) in [5, 5.41) is 10.1. The maximum Gasteiger partial charge on any atom is 0.131 e. The summed E-state index contributed by atoms with van der Waals surface area (Å²) in [5.74, 6) is -1.12. The van der Waals surface area contributed by atoms with Gasteiger partial charge in [0.15, 0.2) is 0 Å². The van der Waals surface area contributed by atoms with Crippen LogP contribution in [-0.2, 0) is 0 Å². The predicted molar refractivity (Wildman–Crippen MR) is 57.9 cm³/mol. The van der Waals surface area contributed by atoms with E-state index < -0.39 is 17.7 Å². The monoisotopic (exact) mass is 226 g/mol. The molecule has 1 atom stereocenters. The first-order chi connectivity index (χ1) is 7.68. The van der Waals surface area contributed by atoms with Crippen molar-refractivity contribution in [3.8, 4) is 0 Å². The number of hydrogen-bond donors (Lipinski definition) is 1. The largest absolute Gasteiger partial charge is 0.388 e. The predicted octanol–water partition coefficient (Wildman–Crippen LogP) is 3.58. The minimum Gasteiger partial charge on any atom is -0.388 e. The van der Waals surface area contributed by atoms with Gasteiger partial charge < -0.3 is 5.11 Å². The summed E-state index contributed by atoms with van der Waals surface area (Å²) >= 11 is 0. The lowest BCUT2D eigenvalue weighted by atomic mass is 9.82. The van der Waals surface area contributed by atoms with E-state index in [9.17, 15) is 13.9 Å². The molecular weight excluding hydrogens is 210 g/mol. The molecule has 0 aliphatic heterocycles. The standard InChI is InChI=1S/C13H16F2O/c14-10-6-7-11(12(15)8-10)13(16)9-4-2-1-3-5-9/h6-9,13,16H,1-5H2/t13-/m1/s1. The third-order valence-electron chi connectivity index (χ3n) is 3.38. The van der Waals surface area contributed by atoms with Crippen LogP contribution in [0.4, 0.5) is 8.78 Å². The molecule has 1 aliphatic rings. The van der Waals surface area contributed by atoms with Gasteiger partial charge in [-0.1, -0.05) is 25.3 Å². The van der Waals surface area contributed by atoms with Gasteiger partial charge in [0.05, 0.1) is 6.10 Å². The fourth-order valence-corrected chi connectivity index (χ4v) is 2.45. The van der Waals surface area contributed by atoms with Gasteiger partial charge in [-0.25, -0.2) is 8.78 Å². The van der Waals surface area contributed by atoms with Crippen molar-refractivity contribution in [1.29, 1.82) is 0 Å². The topological polar surface area (TPSA) is 20.2 Å². The summed E-state index contributed by atoms with van der Waals surface area (Å²) in [5.41, 5.74) is 0.230. The summed E-state index contributed by atoms with van der Waals surface area (Å²) < 4.78 is 26.2. The summed E-state index contributed by atoms with van der Waals surface area (Å²) in [4.78, 5) is 0. The van der Waals surface area contributed by atoms with E-state index in [0.29, 0.717) is 0 Å². The Kier molecular flexibility index (Phi) is 3.54. The van der Waals surface area contributed by atoms with Gasteiger partial charge in [0.25, 0.3) is 0 Å². The Morgan fingerprint density at radius 1 is 1.12 bits per heavy atom. The highest BCUT2D eigenvalue weighted by Gasteiger charge is 2.25. The van der Waals surface area contributed by atoms with E-state index in [1.54, 1.807) is 0 Å². The van der Waals surface area contributed by atoms with Gasteiger partial charge in [-0.15, -0.1) is 0 Å². The molecule has 0 amide bonds. The molecule has 0 heterocycles. The van der Waals surface area contributed by atoms with Crippen LogP contribution in [-0.4, -0.2) is 5.11 Å². The van der Waals surface area contributed by atoms with Gasteiger partial charge in [-0.2, -0.15) is 0 Å². The third-order valence-corrected chi connectivity index (χ3v) is 3.38. The Bertz CT molecular complexity index is 359. The number of benzene rings is 1.